The van der Waals surface area contributed by atoms with Crippen molar-refractivity contribution >= 4 is 5.97 Å². The lowest BCUT2D eigenvalue weighted by Gasteiger charge is -2.53. The zero-order valence-corrected chi connectivity index (χ0v) is 12.8. The summed E-state index contributed by atoms with van der Waals surface area (Å²) in [5.41, 5.74) is 1.97. The molecule has 4 fully saturated rings. The monoisotopic (exact) mass is 284 g/mol. The van der Waals surface area contributed by atoms with Crippen molar-refractivity contribution in [1.82, 2.24) is 0 Å². The van der Waals surface area contributed by atoms with Gasteiger partial charge in [0.25, 0.3) is 0 Å². The molecule has 0 spiro atoms. The Kier molecular flexibility index (Phi) is 3.28. The Morgan fingerprint density at radius 2 is 1.57 bits per heavy atom. The van der Waals surface area contributed by atoms with E-state index in [9.17, 15) is 4.79 Å². The Balaban J connectivity index is 1.46. The average Bonchev–Trinajstić information content (AvgIpc) is 2.50. The number of rotatable bonds is 3. The van der Waals surface area contributed by atoms with Crippen LogP contribution in [-0.2, 0) is 11.2 Å². The minimum absolute atomic E-state index is 0.116. The number of hydrogen-bond donors (Lipinski definition) is 0. The van der Waals surface area contributed by atoms with Gasteiger partial charge in [-0.3, -0.25) is 0 Å². The molecule has 0 saturated heterocycles. The van der Waals surface area contributed by atoms with Gasteiger partial charge in [0.15, 0.2) is 0 Å². The van der Waals surface area contributed by atoms with Crippen LogP contribution in [0.2, 0.25) is 0 Å². The number of esters is 1. The largest absolute Gasteiger partial charge is 0.458 e. The minimum atomic E-state index is -0.116. The predicted octanol–water partition coefficient (Wildman–Crippen LogP) is 4.23. The summed E-state index contributed by atoms with van der Waals surface area (Å²) in [6, 6.07) is 7.90. The SMILES string of the molecule is CCc1ccc(C(=O)OC2C3CC4CC(C3)CC2C4)cc1. The zero-order chi connectivity index (χ0) is 14.4. The molecule has 21 heavy (non-hydrogen) atoms. The molecule has 0 aliphatic heterocycles. The normalized spacial score (nSPS) is 36.7. The lowest BCUT2D eigenvalue weighted by atomic mass is 9.55. The fourth-order valence-corrected chi connectivity index (χ4v) is 5.14. The van der Waals surface area contributed by atoms with Gasteiger partial charge in [-0.25, -0.2) is 4.79 Å². The lowest BCUT2D eigenvalue weighted by molar-refractivity contribution is -0.101. The van der Waals surface area contributed by atoms with Crippen molar-refractivity contribution in [3.8, 4) is 0 Å². The standard InChI is InChI=1S/C19H24O2/c1-2-12-3-5-15(6-4-12)19(20)21-18-16-8-13-7-14(10-16)11-17(18)9-13/h3-6,13-14,16-18H,2,7-11H2,1H3. The van der Waals surface area contributed by atoms with Crippen LogP contribution in [0.25, 0.3) is 0 Å². The Hall–Kier alpha value is -1.31. The molecule has 0 atom stereocenters. The van der Waals surface area contributed by atoms with Crippen molar-refractivity contribution in [2.24, 2.45) is 23.7 Å². The fraction of sp³-hybridized carbons (Fsp3) is 0.632. The third kappa shape index (κ3) is 2.39. The van der Waals surface area contributed by atoms with Gasteiger partial charge in [0.1, 0.15) is 6.10 Å². The van der Waals surface area contributed by atoms with E-state index in [4.69, 9.17) is 4.74 Å². The van der Waals surface area contributed by atoms with Crippen molar-refractivity contribution < 1.29 is 9.53 Å². The van der Waals surface area contributed by atoms with Crippen LogP contribution in [0.15, 0.2) is 24.3 Å². The van der Waals surface area contributed by atoms with E-state index in [0.29, 0.717) is 17.4 Å². The average molecular weight is 284 g/mol. The second kappa shape index (κ2) is 5.15. The van der Waals surface area contributed by atoms with Crippen LogP contribution in [-0.4, -0.2) is 12.1 Å². The molecule has 112 valence electrons. The molecule has 2 heteroatoms. The highest BCUT2D eigenvalue weighted by Crippen LogP contribution is 2.54. The summed E-state index contributed by atoms with van der Waals surface area (Å²) in [5, 5.41) is 0. The first kappa shape index (κ1) is 13.4. The first-order valence-electron chi connectivity index (χ1n) is 8.53. The fourth-order valence-electron chi connectivity index (χ4n) is 5.14. The molecule has 0 heterocycles. The van der Waals surface area contributed by atoms with Crippen LogP contribution in [0.4, 0.5) is 0 Å². The van der Waals surface area contributed by atoms with E-state index in [1.807, 2.05) is 24.3 Å². The van der Waals surface area contributed by atoms with Gasteiger partial charge >= 0.3 is 5.97 Å². The van der Waals surface area contributed by atoms with Crippen LogP contribution in [0, 0.1) is 23.7 Å². The first-order valence-corrected chi connectivity index (χ1v) is 8.53. The zero-order valence-electron chi connectivity index (χ0n) is 12.8. The van der Waals surface area contributed by atoms with Crippen molar-refractivity contribution in [3.05, 3.63) is 35.4 Å². The molecule has 0 amide bonds. The molecular formula is C19H24O2. The van der Waals surface area contributed by atoms with Crippen molar-refractivity contribution in [3.63, 3.8) is 0 Å². The van der Waals surface area contributed by atoms with Crippen molar-refractivity contribution in [2.45, 2.75) is 51.6 Å². The first-order chi connectivity index (χ1) is 10.2. The summed E-state index contributed by atoms with van der Waals surface area (Å²) in [6.07, 6.45) is 7.80. The molecule has 0 N–H and O–H groups in total. The van der Waals surface area contributed by atoms with Crippen molar-refractivity contribution in [2.75, 3.05) is 0 Å². The van der Waals surface area contributed by atoms with Gasteiger partial charge in [-0.05, 0) is 79.9 Å². The third-order valence-electron chi connectivity index (χ3n) is 5.98. The highest BCUT2D eigenvalue weighted by Gasteiger charge is 2.49. The maximum Gasteiger partial charge on any atom is 0.338 e. The van der Waals surface area contributed by atoms with Crippen molar-refractivity contribution in [1.29, 1.82) is 0 Å². The number of benzene rings is 1. The highest BCUT2D eigenvalue weighted by atomic mass is 16.5. The second-order valence-corrected chi connectivity index (χ2v) is 7.35. The number of carbonyl (C=O) groups is 1. The Bertz CT molecular complexity index is 503. The molecular weight excluding hydrogens is 260 g/mol. The highest BCUT2D eigenvalue weighted by molar-refractivity contribution is 5.89. The Morgan fingerprint density at radius 1 is 1.00 bits per heavy atom. The summed E-state index contributed by atoms with van der Waals surface area (Å²) in [5.74, 6) is 3.01. The second-order valence-electron chi connectivity index (χ2n) is 7.35. The van der Waals surface area contributed by atoms with Gasteiger partial charge in [-0.15, -0.1) is 0 Å². The Morgan fingerprint density at radius 3 is 2.10 bits per heavy atom. The summed E-state index contributed by atoms with van der Waals surface area (Å²) in [4.78, 5) is 12.4. The quantitative estimate of drug-likeness (QED) is 0.776. The topological polar surface area (TPSA) is 26.3 Å². The maximum absolute atomic E-state index is 12.4. The minimum Gasteiger partial charge on any atom is -0.458 e. The molecule has 5 rings (SSSR count). The van der Waals surface area contributed by atoms with Gasteiger partial charge in [-0.1, -0.05) is 19.1 Å². The molecule has 0 radical (unpaired) electrons. The van der Waals surface area contributed by atoms with E-state index >= 15 is 0 Å². The van der Waals surface area contributed by atoms with E-state index in [2.05, 4.69) is 6.92 Å². The summed E-state index contributed by atoms with van der Waals surface area (Å²) < 4.78 is 5.95. The van der Waals surface area contributed by atoms with Crippen LogP contribution in [0.1, 0.15) is 54.9 Å². The van der Waals surface area contributed by atoms with Crippen LogP contribution in [0.5, 0.6) is 0 Å². The number of ether oxygens (including phenoxy) is 1. The molecule has 4 aliphatic carbocycles. The molecule has 4 aliphatic rings. The molecule has 2 nitrogen and oxygen atoms in total. The van der Waals surface area contributed by atoms with E-state index in [0.717, 1.165) is 18.3 Å². The summed E-state index contributed by atoms with van der Waals surface area (Å²) >= 11 is 0. The molecule has 0 aromatic heterocycles. The lowest BCUT2D eigenvalue weighted by Crippen LogP contribution is -2.50. The van der Waals surface area contributed by atoms with Crippen LogP contribution < -0.4 is 0 Å². The summed E-state index contributed by atoms with van der Waals surface area (Å²) in [6.45, 7) is 2.13. The predicted molar refractivity (Wildman–Crippen MR) is 82.1 cm³/mol. The number of aryl methyl sites for hydroxylation is 1. The maximum atomic E-state index is 12.4. The van der Waals surface area contributed by atoms with Gasteiger partial charge in [0, 0.05) is 0 Å². The molecule has 1 aromatic carbocycles. The van der Waals surface area contributed by atoms with E-state index < -0.39 is 0 Å². The smallest absolute Gasteiger partial charge is 0.338 e. The molecule has 4 saturated carbocycles. The molecule has 0 unspecified atom stereocenters. The number of hydrogen-bond acceptors (Lipinski definition) is 2. The summed E-state index contributed by atoms with van der Waals surface area (Å²) in [7, 11) is 0. The molecule has 1 aromatic rings. The Labute approximate surface area is 126 Å². The van der Waals surface area contributed by atoms with E-state index in [1.165, 1.54) is 37.7 Å². The van der Waals surface area contributed by atoms with Crippen LogP contribution >= 0.6 is 0 Å². The van der Waals surface area contributed by atoms with E-state index in [-0.39, 0.29) is 12.1 Å². The van der Waals surface area contributed by atoms with Gasteiger partial charge in [0.05, 0.1) is 5.56 Å². The van der Waals surface area contributed by atoms with Gasteiger partial charge < -0.3 is 4.74 Å². The van der Waals surface area contributed by atoms with Gasteiger partial charge in [0.2, 0.25) is 0 Å². The third-order valence-corrected chi connectivity index (χ3v) is 5.98. The number of carbonyl (C=O) groups excluding carboxylic acids is 1. The van der Waals surface area contributed by atoms with E-state index in [1.54, 1.807) is 0 Å². The molecule has 4 bridgehead atoms. The van der Waals surface area contributed by atoms with Crippen LogP contribution in [0.3, 0.4) is 0 Å². The van der Waals surface area contributed by atoms with Gasteiger partial charge in [-0.2, -0.15) is 0 Å².